The predicted molar refractivity (Wildman–Crippen MR) is 114 cm³/mol. The third-order valence-corrected chi connectivity index (χ3v) is 5.31. The van der Waals surface area contributed by atoms with Gasteiger partial charge in [-0.1, -0.05) is 67.1 Å². The van der Waals surface area contributed by atoms with Crippen LogP contribution < -0.4 is 5.32 Å². The maximum Gasteiger partial charge on any atom is 0.242 e. The van der Waals surface area contributed by atoms with E-state index in [-0.39, 0.29) is 17.9 Å². The van der Waals surface area contributed by atoms with Crippen molar-refractivity contribution in [2.24, 2.45) is 0 Å². The second kappa shape index (κ2) is 10.9. The molecule has 0 saturated carbocycles. The summed E-state index contributed by atoms with van der Waals surface area (Å²) in [6.45, 7) is 6.06. The number of aryl methyl sites for hydroxylation is 1. The standard InChI is InChI=1S/C23H29ClN2O2/c1-4-17(2)25-23(28)18(3)26(16-20-12-8-9-13-21(20)24)22(27)15-14-19-10-6-5-7-11-19/h5-13,17-18H,4,14-16H2,1-3H3,(H,25,28)/t17-,18+/m0/s1. The van der Waals surface area contributed by atoms with E-state index in [0.29, 0.717) is 24.4 Å². The minimum absolute atomic E-state index is 0.0597. The van der Waals surface area contributed by atoms with E-state index in [1.807, 2.05) is 62.4 Å². The van der Waals surface area contributed by atoms with Crippen molar-refractivity contribution in [2.45, 2.75) is 58.7 Å². The highest BCUT2D eigenvalue weighted by atomic mass is 35.5. The van der Waals surface area contributed by atoms with Gasteiger partial charge in [-0.2, -0.15) is 0 Å². The van der Waals surface area contributed by atoms with Crippen molar-refractivity contribution in [3.05, 3.63) is 70.7 Å². The highest BCUT2D eigenvalue weighted by Crippen LogP contribution is 2.19. The number of hydrogen-bond acceptors (Lipinski definition) is 2. The Hall–Kier alpha value is -2.33. The van der Waals surface area contributed by atoms with Gasteiger partial charge in [-0.15, -0.1) is 0 Å². The van der Waals surface area contributed by atoms with Gasteiger partial charge in [0, 0.05) is 24.0 Å². The van der Waals surface area contributed by atoms with Crippen molar-refractivity contribution in [2.75, 3.05) is 0 Å². The van der Waals surface area contributed by atoms with E-state index < -0.39 is 6.04 Å². The van der Waals surface area contributed by atoms with Crippen LogP contribution in [0.15, 0.2) is 54.6 Å². The normalized spacial score (nSPS) is 12.9. The first kappa shape index (κ1) is 22.0. The summed E-state index contributed by atoms with van der Waals surface area (Å²) in [6, 6.07) is 16.8. The van der Waals surface area contributed by atoms with Crippen LogP contribution in [-0.4, -0.2) is 28.8 Å². The lowest BCUT2D eigenvalue weighted by Gasteiger charge is -2.30. The summed E-state index contributed by atoms with van der Waals surface area (Å²) in [4.78, 5) is 27.3. The molecule has 0 spiro atoms. The molecular weight excluding hydrogens is 372 g/mol. The highest BCUT2D eigenvalue weighted by molar-refractivity contribution is 6.31. The van der Waals surface area contributed by atoms with Gasteiger partial charge >= 0.3 is 0 Å². The Morgan fingerprint density at radius 2 is 1.68 bits per heavy atom. The topological polar surface area (TPSA) is 49.4 Å². The van der Waals surface area contributed by atoms with Crippen LogP contribution in [0.3, 0.4) is 0 Å². The number of hydrogen-bond donors (Lipinski definition) is 1. The van der Waals surface area contributed by atoms with Crippen molar-refractivity contribution in [1.82, 2.24) is 10.2 Å². The Kier molecular flexibility index (Phi) is 8.52. The summed E-state index contributed by atoms with van der Waals surface area (Å²) in [5.74, 6) is -0.204. The van der Waals surface area contributed by atoms with Crippen molar-refractivity contribution in [3.8, 4) is 0 Å². The summed E-state index contributed by atoms with van der Waals surface area (Å²) < 4.78 is 0. The molecule has 0 bridgehead atoms. The SMILES string of the molecule is CC[C@H](C)NC(=O)[C@@H](C)N(Cc1ccccc1Cl)C(=O)CCc1ccccc1. The van der Waals surface area contributed by atoms with Gasteiger partial charge in [-0.25, -0.2) is 0 Å². The Morgan fingerprint density at radius 3 is 2.32 bits per heavy atom. The molecule has 0 unspecified atom stereocenters. The average Bonchev–Trinajstić information content (AvgIpc) is 2.71. The molecule has 2 atom stereocenters. The van der Waals surface area contributed by atoms with Crippen LogP contribution in [0.4, 0.5) is 0 Å². The Morgan fingerprint density at radius 1 is 1.04 bits per heavy atom. The quantitative estimate of drug-likeness (QED) is 0.668. The van der Waals surface area contributed by atoms with Gasteiger partial charge in [-0.05, 0) is 43.9 Å². The molecule has 150 valence electrons. The number of nitrogens with zero attached hydrogens (tertiary/aromatic N) is 1. The molecule has 28 heavy (non-hydrogen) atoms. The number of halogens is 1. The maximum absolute atomic E-state index is 13.0. The lowest BCUT2D eigenvalue weighted by molar-refractivity contribution is -0.140. The van der Waals surface area contributed by atoms with Crippen LogP contribution in [0.1, 0.15) is 44.7 Å². The zero-order chi connectivity index (χ0) is 20.5. The van der Waals surface area contributed by atoms with E-state index in [1.165, 1.54) is 0 Å². The number of benzene rings is 2. The number of rotatable bonds is 9. The van der Waals surface area contributed by atoms with E-state index in [4.69, 9.17) is 11.6 Å². The molecule has 4 nitrogen and oxygen atoms in total. The first-order chi connectivity index (χ1) is 13.4. The van der Waals surface area contributed by atoms with Crippen LogP contribution >= 0.6 is 11.6 Å². The average molecular weight is 401 g/mol. The van der Waals surface area contributed by atoms with Crippen LogP contribution in [0.2, 0.25) is 5.02 Å². The van der Waals surface area contributed by atoms with Crippen LogP contribution in [0.5, 0.6) is 0 Å². The lowest BCUT2D eigenvalue weighted by atomic mass is 10.1. The first-order valence-corrected chi connectivity index (χ1v) is 10.2. The molecule has 1 N–H and O–H groups in total. The highest BCUT2D eigenvalue weighted by Gasteiger charge is 2.27. The number of carbonyl (C=O) groups excluding carboxylic acids is 2. The first-order valence-electron chi connectivity index (χ1n) is 9.79. The minimum Gasteiger partial charge on any atom is -0.352 e. The van der Waals surface area contributed by atoms with Gasteiger partial charge in [0.2, 0.25) is 11.8 Å². The van der Waals surface area contributed by atoms with Crippen LogP contribution in [-0.2, 0) is 22.6 Å². The Labute approximate surface area is 172 Å². The van der Waals surface area contributed by atoms with E-state index in [2.05, 4.69) is 5.32 Å². The van der Waals surface area contributed by atoms with E-state index in [9.17, 15) is 9.59 Å². The Bertz CT molecular complexity index is 779. The summed E-state index contributed by atoms with van der Waals surface area (Å²) in [6.07, 6.45) is 1.82. The molecule has 0 saturated heterocycles. The number of amides is 2. The zero-order valence-electron chi connectivity index (χ0n) is 16.8. The van der Waals surface area contributed by atoms with Gasteiger partial charge in [0.05, 0.1) is 0 Å². The molecule has 0 aliphatic rings. The molecule has 0 radical (unpaired) electrons. The van der Waals surface area contributed by atoms with Gasteiger partial charge in [0.15, 0.2) is 0 Å². The summed E-state index contributed by atoms with van der Waals surface area (Å²) >= 11 is 6.30. The molecule has 0 fully saturated rings. The second-order valence-corrected chi connectivity index (χ2v) is 7.50. The predicted octanol–water partition coefficient (Wildman–Crippen LogP) is 4.60. The van der Waals surface area contributed by atoms with Crippen molar-refractivity contribution < 1.29 is 9.59 Å². The van der Waals surface area contributed by atoms with E-state index in [0.717, 1.165) is 17.5 Å². The van der Waals surface area contributed by atoms with Gasteiger partial charge < -0.3 is 10.2 Å². The van der Waals surface area contributed by atoms with E-state index >= 15 is 0 Å². The summed E-state index contributed by atoms with van der Waals surface area (Å²) in [5, 5.41) is 3.57. The van der Waals surface area contributed by atoms with Crippen LogP contribution in [0.25, 0.3) is 0 Å². The fourth-order valence-electron chi connectivity index (χ4n) is 2.90. The molecule has 0 aromatic heterocycles. The third-order valence-electron chi connectivity index (χ3n) is 4.94. The molecule has 2 aromatic carbocycles. The van der Waals surface area contributed by atoms with E-state index in [1.54, 1.807) is 17.9 Å². The lowest BCUT2D eigenvalue weighted by Crippen LogP contribution is -2.49. The summed E-state index contributed by atoms with van der Waals surface area (Å²) in [5.41, 5.74) is 1.94. The number of carbonyl (C=O) groups is 2. The van der Waals surface area contributed by atoms with Gasteiger partial charge in [-0.3, -0.25) is 9.59 Å². The summed E-state index contributed by atoms with van der Waals surface area (Å²) in [7, 11) is 0. The van der Waals surface area contributed by atoms with Crippen molar-refractivity contribution in [1.29, 1.82) is 0 Å². The van der Waals surface area contributed by atoms with Gasteiger partial charge in [0.1, 0.15) is 6.04 Å². The zero-order valence-corrected chi connectivity index (χ0v) is 17.6. The fraction of sp³-hybridized carbons (Fsp3) is 0.391. The molecule has 2 rings (SSSR count). The molecule has 0 aliphatic carbocycles. The second-order valence-electron chi connectivity index (χ2n) is 7.09. The Balaban J connectivity index is 2.15. The van der Waals surface area contributed by atoms with Gasteiger partial charge in [0.25, 0.3) is 0 Å². The molecule has 2 amide bonds. The maximum atomic E-state index is 13.0. The monoisotopic (exact) mass is 400 g/mol. The third kappa shape index (κ3) is 6.38. The molecule has 2 aromatic rings. The smallest absolute Gasteiger partial charge is 0.242 e. The largest absolute Gasteiger partial charge is 0.352 e. The molecule has 0 heterocycles. The van der Waals surface area contributed by atoms with Crippen molar-refractivity contribution in [3.63, 3.8) is 0 Å². The number of nitrogens with one attached hydrogen (secondary N) is 1. The van der Waals surface area contributed by atoms with Crippen LogP contribution in [0, 0.1) is 0 Å². The molecule has 5 heteroatoms. The molecule has 0 aliphatic heterocycles. The molecular formula is C23H29ClN2O2. The fourth-order valence-corrected chi connectivity index (χ4v) is 3.09. The minimum atomic E-state index is -0.575. The van der Waals surface area contributed by atoms with Crippen molar-refractivity contribution >= 4 is 23.4 Å².